The van der Waals surface area contributed by atoms with Gasteiger partial charge in [-0.25, -0.2) is 9.50 Å². The third-order valence-electron chi connectivity index (χ3n) is 5.02. The maximum Gasteiger partial charge on any atom is 0.221 e. The lowest BCUT2D eigenvalue weighted by atomic mass is 9.97. The molecule has 1 atom stereocenters. The topological polar surface area (TPSA) is 88.5 Å². The molecule has 1 fully saturated rings. The lowest BCUT2D eigenvalue weighted by Gasteiger charge is -2.31. The Morgan fingerprint density at radius 3 is 2.93 bits per heavy atom. The molecule has 2 aromatic heterocycles. The molecule has 1 aliphatic rings. The minimum atomic E-state index is -0.174. The van der Waals surface area contributed by atoms with Gasteiger partial charge in [-0.3, -0.25) is 4.79 Å². The summed E-state index contributed by atoms with van der Waals surface area (Å²) in [6, 6.07) is 7.63. The van der Waals surface area contributed by atoms with Crippen molar-refractivity contribution in [2.24, 2.45) is 11.7 Å². The Hall–Kier alpha value is -2.16. The van der Waals surface area contributed by atoms with Crippen molar-refractivity contribution >= 4 is 38.9 Å². The van der Waals surface area contributed by atoms with Gasteiger partial charge < -0.3 is 16.0 Å². The Morgan fingerprint density at radius 2 is 2.18 bits per heavy atom. The van der Waals surface area contributed by atoms with Crippen LogP contribution in [-0.4, -0.2) is 51.6 Å². The number of fused-ring (bicyclic) bond motifs is 1. The molecule has 1 aromatic carbocycles. The summed E-state index contributed by atoms with van der Waals surface area (Å²) in [5.74, 6) is -0.171. The van der Waals surface area contributed by atoms with Gasteiger partial charge in [0.25, 0.3) is 0 Å². The maximum atomic E-state index is 11.4. The van der Waals surface area contributed by atoms with E-state index >= 15 is 0 Å². The monoisotopic (exact) mass is 418 g/mol. The minimum Gasteiger partial charge on any atom is -0.369 e. The third-order valence-corrected chi connectivity index (χ3v) is 6.15. The van der Waals surface area contributed by atoms with Crippen LogP contribution in [0, 0.1) is 5.92 Å². The summed E-state index contributed by atoms with van der Waals surface area (Å²) in [5, 5.41) is 9.50. The van der Waals surface area contributed by atoms with Gasteiger partial charge in [0.1, 0.15) is 0 Å². The molecule has 0 saturated carbocycles. The van der Waals surface area contributed by atoms with E-state index in [1.807, 2.05) is 30.5 Å². The number of anilines is 1. The van der Waals surface area contributed by atoms with Crippen molar-refractivity contribution < 1.29 is 4.79 Å². The van der Waals surface area contributed by atoms with Crippen molar-refractivity contribution in [3.63, 3.8) is 0 Å². The molecule has 0 spiro atoms. The summed E-state index contributed by atoms with van der Waals surface area (Å²) in [5.41, 5.74) is 7.35. The second-order valence-electron chi connectivity index (χ2n) is 7.09. The third kappa shape index (κ3) is 4.45. The number of carbonyl (C=O) groups is 1. The van der Waals surface area contributed by atoms with Crippen molar-refractivity contribution in [1.29, 1.82) is 0 Å². The number of piperidine rings is 1. The molecule has 3 N–H and O–H groups in total. The number of imidazole rings is 1. The quantitative estimate of drug-likeness (QED) is 0.575. The Bertz CT molecular complexity index is 922. The van der Waals surface area contributed by atoms with Gasteiger partial charge in [-0.2, -0.15) is 0 Å². The molecule has 3 heterocycles. The number of rotatable bonds is 7. The van der Waals surface area contributed by atoms with Crippen LogP contribution in [0.15, 0.2) is 30.5 Å². The average Bonchev–Trinajstić information content (AvgIpc) is 3.25. The predicted octanol–water partition coefficient (Wildman–Crippen LogP) is 3.11. The van der Waals surface area contributed by atoms with E-state index in [1.165, 1.54) is 11.3 Å². The molecular formula is C19H23ClN6OS. The number of hydrogen-bond donors (Lipinski definition) is 2. The summed E-state index contributed by atoms with van der Waals surface area (Å²) in [7, 11) is 0. The standard InChI is InChI=1S/C19H23ClN6OS/c20-15-6-4-13(5-7-15)16-12-26-19(23-16)28-18(24-26)22-8-2-10-25-9-1-3-14(11-25)17(21)27/h4-7,12,14H,1-3,8-11H2,(H2,21,27)(H,22,24). The molecule has 7 nitrogen and oxygen atoms in total. The highest BCUT2D eigenvalue weighted by Gasteiger charge is 2.23. The van der Waals surface area contributed by atoms with E-state index in [9.17, 15) is 4.79 Å². The van der Waals surface area contributed by atoms with Crippen LogP contribution < -0.4 is 11.1 Å². The highest BCUT2D eigenvalue weighted by Crippen LogP contribution is 2.25. The fraction of sp³-hybridized carbons (Fsp3) is 0.421. The van der Waals surface area contributed by atoms with Gasteiger partial charge in [-0.1, -0.05) is 35.1 Å². The van der Waals surface area contributed by atoms with E-state index in [-0.39, 0.29) is 11.8 Å². The predicted molar refractivity (Wildman–Crippen MR) is 113 cm³/mol. The van der Waals surface area contributed by atoms with Crippen LogP contribution in [0.1, 0.15) is 19.3 Å². The van der Waals surface area contributed by atoms with E-state index < -0.39 is 0 Å². The molecule has 3 aromatic rings. The van der Waals surface area contributed by atoms with Gasteiger partial charge in [0.15, 0.2) is 0 Å². The van der Waals surface area contributed by atoms with E-state index in [0.717, 1.165) is 66.8 Å². The molecule has 1 aliphatic heterocycles. The maximum absolute atomic E-state index is 11.4. The molecule has 4 rings (SSSR count). The summed E-state index contributed by atoms with van der Waals surface area (Å²) in [6.07, 6.45) is 4.88. The molecule has 1 amide bonds. The SMILES string of the molecule is NC(=O)C1CCCN(CCCNc2nn3cc(-c4ccc(Cl)cc4)nc3s2)C1. The van der Waals surface area contributed by atoms with Crippen molar-refractivity contribution in [2.75, 3.05) is 31.5 Å². The van der Waals surface area contributed by atoms with E-state index in [0.29, 0.717) is 5.02 Å². The van der Waals surface area contributed by atoms with Crippen molar-refractivity contribution in [2.45, 2.75) is 19.3 Å². The number of carbonyl (C=O) groups excluding carboxylic acids is 1. The number of halogens is 1. The van der Waals surface area contributed by atoms with E-state index in [2.05, 4.69) is 20.3 Å². The van der Waals surface area contributed by atoms with Crippen LogP contribution in [0.25, 0.3) is 16.2 Å². The van der Waals surface area contributed by atoms with Gasteiger partial charge >= 0.3 is 0 Å². The first-order valence-corrected chi connectivity index (χ1v) is 10.7. The van der Waals surface area contributed by atoms with Crippen LogP contribution in [0.3, 0.4) is 0 Å². The number of nitrogens with one attached hydrogen (secondary N) is 1. The number of primary amides is 1. The first-order valence-electron chi connectivity index (χ1n) is 9.46. The highest BCUT2D eigenvalue weighted by molar-refractivity contribution is 7.20. The molecule has 1 unspecified atom stereocenters. The van der Waals surface area contributed by atoms with Crippen molar-refractivity contribution in [3.8, 4) is 11.3 Å². The number of hydrogen-bond acceptors (Lipinski definition) is 6. The minimum absolute atomic E-state index is 0.00304. The first-order chi connectivity index (χ1) is 13.6. The van der Waals surface area contributed by atoms with Gasteiger partial charge in [0.05, 0.1) is 17.8 Å². The average molecular weight is 419 g/mol. The van der Waals surface area contributed by atoms with Gasteiger partial charge in [-0.15, -0.1) is 5.10 Å². The summed E-state index contributed by atoms with van der Waals surface area (Å²) >= 11 is 7.48. The number of likely N-dealkylation sites (tertiary alicyclic amines) is 1. The molecule has 28 heavy (non-hydrogen) atoms. The number of amides is 1. The normalized spacial score (nSPS) is 17.8. The number of benzene rings is 1. The second-order valence-corrected chi connectivity index (χ2v) is 8.48. The van der Waals surface area contributed by atoms with Crippen LogP contribution >= 0.6 is 22.9 Å². The summed E-state index contributed by atoms with van der Waals surface area (Å²) in [6.45, 7) is 3.62. The fourth-order valence-corrected chi connectivity index (χ4v) is 4.45. The van der Waals surface area contributed by atoms with E-state index in [1.54, 1.807) is 4.52 Å². The van der Waals surface area contributed by atoms with Crippen LogP contribution in [-0.2, 0) is 4.79 Å². The smallest absolute Gasteiger partial charge is 0.221 e. The molecule has 0 radical (unpaired) electrons. The molecule has 9 heteroatoms. The Kier molecular flexibility index (Phi) is 5.79. The second kappa shape index (κ2) is 8.46. The van der Waals surface area contributed by atoms with Crippen LogP contribution in [0.5, 0.6) is 0 Å². The molecule has 0 aliphatic carbocycles. The zero-order chi connectivity index (χ0) is 19.5. The van der Waals surface area contributed by atoms with Crippen molar-refractivity contribution in [1.82, 2.24) is 19.5 Å². The number of aromatic nitrogens is 3. The Balaban J connectivity index is 1.28. The first kappa shape index (κ1) is 19.2. The molecule has 1 saturated heterocycles. The Labute approximate surface area is 172 Å². The zero-order valence-electron chi connectivity index (χ0n) is 15.5. The number of nitrogens with zero attached hydrogens (tertiary/aromatic N) is 4. The van der Waals surface area contributed by atoms with Gasteiger partial charge in [0.2, 0.25) is 16.0 Å². The summed E-state index contributed by atoms with van der Waals surface area (Å²) in [4.78, 5) is 19.2. The van der Waals surface area contributed by atoms with Crippen LogP contribution in [0.4, 0.5) is 5.13 Å². The zero-order valence-corrected chi connectivity index (χ0v) is 17.0. The number of nitrogens with two attached hydrogens (primary N) is 1. The van der Waals surface area contributed by atoms with Crippen LogP contribution in [0.2, 0.25) is 5.02 Å². The van der Waals surface area contributed by atoms with Crippen molar-refractivity contribution in [3.05, 3.63) is 35.5 Å². The lowest BCUT2D eigenvalue weighted by molar-refractivity contribution is -0.123. The highest BCUT2D eigenvalue weighted by atomic mass is 35.5. The van der Waals surface area contributed by atoms with Gasteiger partial charge in [-0.05, 0) is 44.5 Å². The molecule has 148 valence electrons. The fourth-order valence-electron chi connectivity index (χ4n) is 3.52. The lowest BCUT2D eigenvalue weighted by Crippen LogP contribution is -2.41. The van der Waals surface area contributed by atoms with E-state index in [4.69, 9.17) is 17.3 Å². The Morgan fingerprint density at radius 1 is 1.36 bits per heavy atom. The molecular weight excluding hydrogens is 396 g/mol. The largest absolute Gasteiger partial charge is 0.369 e. The molecule has 0 bridgehead atoms. The summed E-state index contributed by atoms with van der Waals surface area (Å²) < 4.78 is 1.80. The van der Waals surface area contributed by atoms with Gasteiger partial charge in [0, 0.05) is 23.7 Å².